The van der Waals surface area contributed by atoms with Gasteiger partial charge in [-0.1, -0.05) is 6.07 Å². The summed E-state index contributed by atoms with van der Waals surface area (Å²) in [5.41, 5.74) is 0.939. The Bertz CT molecular complexity index is 633. The standard InChI is InChI=1S/C16H20FN3O3/c1-3-18-14(21)8-19-16(23)11-7-15(22)20(9-11)13-5-4-10(2)6-12(13)17/h4-6,11H,3,7-9H2,1-2H3,(H,18,21)(H,19,23). The Balaban J connectivity index is 1.99. The lowest BCUT2D eigenvalue weighted by molar-refractivity contribution is -0.128. The summed E-state index contributed by atoms with van der Waals surface area (Å²) in [6.45, 7) is 4.01. The second kappa shape index (κ2) is 7.21. The molecule has 1 aromatic rings. The number of rotatable bonds is 5. The molecule has 6 nitrogen and oxygen atoms in total. The Morgan fingerprint density at radius 2 is 2.09 bits per heavy atom. The average Bonchev–Trinajstić information content (AvgIpc) is 2.87. The van der Waals surface area contributed by atoms with Crippen molar-refractivity contribution in [3.63, 3.8) is 0 Å². The molecule has 0 aromatic heterocycles. The van der Waals surface area contributed by atoms with E-state index in [4.69, 9.17) is 0 Å². The number of aryl methyl sites for hydroxylation is 1. The van der Waals surface area contributed by atoms with Crippen LogP contribution in [0.15, 0.2) is 18.2 Å². The zero-order chi connectivity index (χ0) is 17.0. The van der Waals surface area contributed by atoms with Crippen molar-refractivity contribution in [2.75, 3.05) is 24.5 Å². The number of anilines is 1. The largest absolute Gasteiger partial charge is 0.355 e. The Labute approximate surface area is 134 Å². The molecule has 3 amide bonds. The topological polar surface area (TPSA) is 78.5 Å². The molecule has 1 aliphatic heterocycles. The van der Waals surface area contributed by atoms with E-state index >= 15 is 0 Å². The summed E-state index contributed by atoms with van der Waals surface area (Å²) < 4.78 is 14.0. The van der Waals surface area contributed by atoms with Gasteiger partial charge in [-0.05, 0) is 31.5 Å². The van der Waals surface area contributed by atoms with E-state index in [2.05, 4.69) is 10.6 Å². The third kappa shape index (κ3) is 4.06. The van der Waals surface area contributed by atoms with E-state index in [9.17, 15) is 18.8 Å². The highest BCUT2D eigenvalue weighted by Crippen LogP contribution is 2.28. The predicted octanol–water partition coefficient (Wildman–Crippen LogP) is 0.739. The zero-order valence-corrected chi connectivity index (χ0v) is 13.2. The summed E-state index contributed by atoms with van der Waals surface area (Å²) in [5, 5.41) is 5.07. The number of halogens is 1. The molecule has 0 spiro atoms. The van der Waals surface area contributed by atoms with Crippen LogP contribution in [0, 0.1) is 18.7 Å². The average molecular weight is 321 g/mol. The maximum absolute atomic E-state index is 14.0. The van der Waals surface area contributed by atoms with E-state index < -0.39 is 11.7 Å². The van der Waals surface area contributed by atoms with Crippen LogP contribution in [0.25, 0.3) is 0 Å². The lowest BCUT2D eigenvalue weighted by atomic mass is 10.1. The second-order valence-corrected chi connectivity index (χ2v) is 5.53. The summed E-state index contributed by atoms with van der Waals surface area (Å²) in [4.78, 5) is 36.7. The Kier molecular flexibility index (Phi) is 5.31. The molecule has 1 heterocycles. The van der Waals surface area contributed by atoms with Crippen LogP contribution in [0.5, 0.6) is 0 Å². The van der Waals surface area contributed by atoms with Crippen LogP contribution in [-0.2, 0) is 14.4 Å². The number of hydrogen-bond acceptors (Lipinski definition) is 3. The summed E-state index contributed by atoms with van der Waals surface area (Å²) >= 11 is 0. The lowest BCUT2D eigenvalue weighted by Crippen LogP contribution is -2.40. The molecule has 1 aromatic carbocycles. The van der Waals surface area contributed by atoms with Gasteiger partial charge in [-0.2, -0.15) is 0 Å². The van der Waals surface area contributed by atoms with E-state index in [-0.39, 0.29) is 42.9 Å². The molecular weight excluding hydrogens is 301 g/mol. The zero-order valence-electron chi connectivity index (χ0n) is 13.2. The molecule has 1 unspecified atom stereocenters. The fourth-order valence-corrected chi connectivity index (χ4v) is 2.52. The van der Waals surface area contributed by atoms with Gasteiger partial charge in [0, 0.05) is 19.5 Å². The van der Waals surface area contributed by atoms with Gasteiger partial charge in [0.2, 0.25) is 17.7 Å². The predicted molar refractivity (Wildman–Crippen MR) is 83.3 cm³/mol. The van der Waals surface area contributed by atoms with Crippen molar-refractivity contribution < 1.29 is 18.8 Å². The highest BCUT2D eigenvalue weighted by Gasteiger charge is 2.36. The first-order chi connectivity index (χ1) is 10.9. The molecule has 0 aliphatic carbocycles. The maximum Gasteiger partial charge on any atom is 0.239 e. The van der Waals surface area contributed by atoms with Crippen molar-refractivity contribution in [1.29, 1.82) is 0 Å². The first-order valence-electron chi connectivity index (χ1n) is 7.53. The van der Waals surface area contributed by atoms with Crippen molar-refractivity contribution in [1.82, 2.24) is 10.6 Å². The molecule has 2 N–H and O–H groups in total. The van der Waals surface area contributed by atoms with Crippen molar-refractivity contribution in [2.24, 2.45) is 5.92 Å². The third-order valence-electron chi connectivity index (χ3n) is 3.69. The van der Waals surface area contributed by atoms with Crippen LogP contribution < -0.4 is 15.5 Å². The van der Waals surface area contributed by atoms with Crippen LogP contribution in [0.2, 0.25) is 0 Å². The Hall–Kier alpha value is -2.44. The van der Waals surface area contributed by atoms with Crippen LogP contribution in [0.4, 0.5) is 10.1 Å². The Morgan fingerprint density at radius 3 is 2.74 bits per heavy atom. The molecule has 0 saturated carbocycles. The molecule has 124 valence electrons. The SMILES string of the molecule is CCNC(=O)CNC(=O)C1CC(=O)N(c2ccc(C)cc2F)C1. The summed E-state index contributed by atoms with van der Waals surface area (Å²) in [6, 6.07) is 4.61. The van der Waals surface area contributed by atoms with Crippen LogP contribution in [0.3, 0.4) is 0 Å². The fraction of sp³-hybridized carbons (Fsp3) is 0.438. The minimum atomic E-state index is -0.586. The maximum atomic E-state index is 14.0. The molecule has 7 heteroatoms. The minimum absolute atomic E-state index is 0.00848. The van der Waals surface area contributed by atoms with E-state index in [1.54, 1.807) is 19.9 Å². The lowest BCUT2D eigenvalue weighted by Gasteiger charge is -2.17. The van der Waals surface area contributed by atoms with Gasteiger partial charge in [0.25, 0.3) is 0 Å². The minimum Gasteiger partial charge on any atom is -0.355 e. The van der Waals surface area contributed by atoms with E-state index in [0.717, 1.165) is 5.56 Å². The van der Waals surface area contributed by atoms with Crippen LogP contribution in [-0.4, -0.2) is 37.4 Å². The van der Waals surface area contributed by atoms with Gasteiger partial charge in [0.05, 0.1) is 18.2 Å². The molecule has 1 aliphatic rings. The van der Waals surface area contributed by atoms with Gasteiger partial charge in [0.1, 0.15) is 5.82 Å². The van der Waals surface area contributed by atoms with E-state index in [1.807, 2.05) is 0 Å². The number of nitrogens with zero attached hydrogens (tertiary/aromatic N) is 1. The number of nitrogens with one attached hydrogen (secondary N) is 2. The number of carbonyl (C=O) groups excluding carboxylic acids is 3. The van der Waals surface area contributed by atoms with Gasteiger partial charge in [-0.25, -0.2) is 4.39 Å². The number of benzene rings is 1. The molecule has 1 atom stereocenters. The first kappa shape index (κ1) is 16.9. The van der Waals surface area contributed by atoms with E-state index in [1.165, 1.54) is 17.0 Å². The normalized spacial score (nSPS) is 17.3. The molecule has 0 bridgehead atoms. The quantitative estimate of drug-likeness (QED) is 0.839. The van der Waals surface area contributed by atoms with Gasteiger partial charge >= 0.3 is 0 Å². The third-order valence-corrected chi connectivity index (χ3v) is 3.69. The highest BCUT2D eigenvalue weighted by atomic mass is 19.1. The molecule has 0 radical (unpaired) electrons. The van der Waals surface area contributed by atoms with Crippen molar-refractivity contribution >= 4 is 23.4 Å². The molecule has 2 rings (SSSR count). The van der Waals surface area contributed by atoms with Gasteiger partial charge in [-0.15, -0.1) is 0 Å². The monoisotopic (exact) mass is 321 g/mol. The Morgan fingerprint density at radius 1 is 1.35 bits per heavy atom. The number of amides is 3. The van der Waals surface area contributed by atoms with Gasteiger partial charge in [0.15, 0.2) is 0 Å². The van der Waals surface area contributed by atoms with Crippen molar-refractivity contribution in [3.05, 3.63) is 29.6 Å². The first-order valence-corrected chi connectivity index (χ1v) is 7.53. The molecule has 1 saturated heterocycles. The summed E-state index contributed by atoms with van der Waals surface area (Å²) in [7, 11) is 0. The number of hydrogen-bond donors (Lipinski definition) is 2. The number of carbonyl (C=O) groups is 3. The van der Waals surface area contributed by atoms with Crippen LogP contribution in [0.1, 0.15) is 18.9 Å². The molecule has 1 fully saturated rings. The van der Waals surface area contributed by atoms with Crippen molar-refractivity contribution in [2.45, 2.75) is 20.3 Å². The number of likely N-dealkylation sites (N-methyl/N-ethyl adjacent to an activating group) is 1. The summed E-state index contributed by atoms with van der Waals surface area (Å²) in [6.07, 6.45) is 0.00848. The second-order valence-electron chi connectivity index (χ2n) is 5.53. The van der Waals surface area contributed by atoms with Gasteiger partial charge in [-0.3, -0.25) is 14.4 Å². The van der Waals surface area contributed by atoms with Gasteiger partial charge < -0.3 is 15.5 Å². The molecule has 23 heavy (non-hydrogen) atoms. The summed E-state index contributed by atoms with van der Waals surface area (Å²) in [5.74, 6) is -2.03. The van der Waals surface area contributed by atoms with Crippen LogP contribution >= 0.6 is 0 Å². The smallest absolute Gasteiger partial charge is 0.239 e. The highest BCUT2D eigenvalue weighted by molar-refractivity contribution is 6.00. The fourth-order valence-electron chi connectivity index (χ4n) is 2.52. The molecular formula is C16H20FN3O3. The van der Waals surface area contributed by atoms with Crippen molar-refractivity contribution in [3.8, 4) is 0 Å². The van der Waals surface area contributed by atoms with E-state index in [0.29, 0.717) is 6.54 Å².